The minimum absolute atomic E-state index is 0.0346. The van der Waals surface area contributed by atoms with Crippen LogP contribution in [0.1, 0.15) is 75.5 Å². The largest absolute Gasteiger partial charge is 0.389 e. The van der Waals surface area contributed by atoms with Gasteiger partial charge in [-0.2, -0.15) is 0 Å². The maximum absolute atomic E-state index is 15.3. The molecule has 1 saturated heterocycles. The van der Waals surface area contributed by atoms with E-state index in [0.717, 1.165) is 88.8 Å². The molecule has 9 nitrogen and oxygen atoms in total. The first-order valence-electron chi connectivity index (χ1n) is 16.3. The molecule has 0 radical (unpaired) electrons. The lowest BCUT2D eigenvalue weighted by atomic mass is 9.97. The molecule has 238 valence electrons. The van der Waals surface area contributed by atoms with E-state index in [1.165, 1.54) is 11.6 Å². The number of benzene rings is 1. The van der Waals surface area contributed by atoms with Gasteiger partial charge in [-0.05, 0) is 83.3 Å². The average molecular weight is 617 g/mol. The number of likely N-dealkylation sites (tertiary alicyclic amines) is 1. The van der Waals surface area contributed by atoms with Gasteiger partial charge < -0.3 is 19.9 Å². The summed E-state index contributed by atoms with van der Waals surface area (Å²) in [5.41, 5.74) is 2.96. The molecule has 3 aliphatic rings. The number of halogens is 2. The molecule has 0 bridgehead atoms. The monoisotopic (exact) mass is 616 g/mol. The molecule has 2 N–H and O–H groups in total. The van der Waals surface area contributed by atoms with E-state index in [4.69, 9.17) is 4.98 Å². The molecule has 45 heavy (non-hydrogen) atoms. The highest BCUT2D eigenvalue weighted by atomic mass is 19.1. The first-order valence-corrected chi connectivity index (χ1v) is 16.3. The van der Waals surface area contributed by atoms with Crippen molar-refractivity contribution in [3.63, 3.8) is 0 Å². The first kappa shape index (κ1) is 30.1. The van der Waals surface area contributed by atoms with Crippen molar-refractivity contribution in [2.75, 3.05) is 31.5 Å². The van der Waals surface area contributed by atoms with Crippen LogP contribution in [0.2, 0.25) is 0 Å². The fourth-order valence-corrected chi connectivity index (χ4v) is 7.58. The number of aryl methyl sites for hydroxylation is 1. The van der Waals surface area contributed by atoms with Gasteiger partial charge in [-0.25, -0.2) is 28.7 Å². The molecular weight excluding hydrogens is 574 g/mol. The van der Waals surface area contributed by atoms with Gasteiger partial charge in [0.05, 0.1) is 17.3 Å². The Morgan fingerprint density at radius 3 is 2.49 bits per heavy atom. The zero-order valence-corrected chi connectivity index (χ0v) is 26.4. The number of imidazole rings is 1. The van der Waals surface area contributed by atoms with Crippen molar-refractivity contribution >= 4 is 22.8 Å². The molecule has 1 saturated carbocycles. The summed E-state index contributed by atoms with van der Waals surface area (Å²) >= 11 is 0. The summed E-state index contributed by atoms with van der Waals surface area (Å²) in [4.78, 5) is 22.9. The molecule has 1 aromatic carbocycles. The topological polar surface area (TPSA) is 95.2 Å². The maximum Gasteiger partial charge on any atom is 0.229 e. The summed E-state index contributed by atoms with van der Waals surface area (Å²) in [7, 11) is 0. The minimum Gasteiger partial charge on any atom is -0.389 e. The zero-order valence-electron chi connectivity index (χ0n) is 26.4. The third kappa shape index (κ3) is 6.30. The van der Waals surface area contributed by atoms with Gasteiger partial charge in [0.25, 0.3) is 0 Å². The van der Waals surface area contributed by atoms with Crippen molar-refractivity contribution < 1.29 is 13.9 Å². The molecule has 0 unspecified atom stereocenters. The molecule has 4 aromatic rings. The van der Waals surface area contributed by atoms with Crippen molar-refractivity contribution in [2.45, 2.75) is 89.9 Å². The molecule has 2 fully saturated rings. The summed E-state index contributed by atoms with van der Waals surface area (Å²) in [6.07, 6.45) is 8.51. The number of rotatable bonds is 7. The van der Waals surface area contributed by atoms with Crippen LogP contribution in [-0.4, -0.2) is 77.2 Å². The van der Waals surface area contributed by atoms with Crippen LogP contribution < -0.4 is 5.32 Å². The Kier molecular flexibility index (Phi) is 8.03. The second-order valence-electron chi connectivity index (χ2n) is 13.7. The third-order valence-electron chi connectivity index (χ3n) is 9.63. The van der Waals surface area contributed by atoms with E-state index in [9.17, 15) is 5.11 Å². The fraction of sp³-hybridized carbons (Fsp3) is 0.529. The van der Waals surface area contributed by atoms with E-state index in [-0.39, 0.29) is 17.7 Å². The molecule has 5 heterocycles. The van der Waals surface area contributed by atoms with E-state index in [0.29, 0.717) is 35.0 Å². The summed E-state index contributed by atoms with van der Waals surface area (Å²) in [6, 6.07) is 7.92. The Morgan fingerprint density at radius 2 is 1.73 bits per heavy atom. The molecule has 3 aromatic heterocycles. The number of aromatic nitrogens is 5. The number of nitrogens with one attached hydrogen (secondary N) is 1. The van der Waals surface area contributed by atoms with E-state index in [1.54, 1.807) is 6.07 Å². The van der Waals surface area contributed by atoms with Crippen LogP contribution in [0.3, 0.4) is 0 Å². The van der Waals surface area contributed by atoms with Crippen molar-refractivity contribution in [1.82, 2.24) is 34.3 Å². The van der Waals surface area contributed by atoms with Gasteiger partial charge in [0.1, 0.15) is 22.9 Å². The van der Waals surface area contributed by atoms with Gasteiger partial charge >= 0.3 is 0 Å². The lowest BCUT2D eigenvalue weighted by Gasteiger charge is -2.41. The number of pyridine rings is 1. The number of fused-ring (bicyclic) bond motifs is 2. The van der Waals surface area contributed by atoms with Gasteiger partial charge in [-0.15, -0.1) is 0 Å². The molecule has 1 aliphatic carbocycles. The van der Waals surface area contributed by atoms with E-state index in [2.05, 4.69) is 40.7 Å². The average Bonchev–Trinajstić information content (AvgIpc) is 3.65. The summed E-state index contributed by atoms with van der Waals surface area (Å²) in [6.45, 7) is 10.2. The minimum atomic E-state index is -0.667. The Morgan fingerprint density at radius 1 is 0.956 bits per heavy atom. The molecule has 0 spiro atoms. The second kappa shape index (κ2) is 12.0. The van der Waals surface area contributed by atoms with Crippen LogP contribution in [0, 0.1) is 18.6 Å². The number of β-amino-alcohol motifs (C(OH)–C–C–N with tert-alkyl or cyclic N) is 1. The van der Waals surface area contributed by atoms with Crippen LogP contribution in [0.15, 0.2) is 30.5 Å². The van der Waals surface area contributed by atoms with Crippen molar-refractivity contribution in [3.05, 3.63) is 59.2 Å². The van der Waals surface area contributed by atoms with Crippen molar-refractivity contribution in [2.24, 2.45) is 0 Å². The quantitative estimate of drug-likeness (QED) is 0.264. The van der Waals surface area contributed by atoms with Gasteiger partial charge in [0, 0.05) is 49.4 Å². The summed E-state index contributed by atoms with van der Waals surface area (Å²) < 4.78 is 32.5. The zero-order chi connectivity index (χ0) is 31.3. The smallest absolute Gasteiger partial charge is 0.229 e. The van der Waals surface area contributed by atoms with Crippen molar-refractivity contribution in [3.8, 4) is 11.3 Å². The van der Waals surface area contributed by atoms with Crippen LogP contribution in [0.25, 0.3) is 22.3 Å². The molecule has 11 heteroatoms. The predicted octanol–water partition coefficient (Wildman–Crippen LogP) is 5.93. The van der Waals surface area contributed by atoms with Gasteiger partial charge in [0.2, 0.25) is 5.95 Å². The Bertz CT molecular complexity index is 1700. The first-order chi connectivity index (χ1) is 21.6. The molecule has 0 amide bonds. The van der Waals surface area contributed by atoms with Crippen LogP contribution in [0.5, 0.6) is 0 Å². The highest BCUT2D eigenvalue weighted by Crippen LogP contribution is 2.36. The number of piperidine rings is 1. The normalized spacial score (nSPS) is 19.0. The molecule has 0 atom stereocenters. The van der Waals surface area contributed by atoms with E-state index < -0.39 is 17.2 Å². The van der Waals surface area contributed by atoms with E-state index in [1.807, 2.05) is 26.8 Å². The standard InChI is InChI=1S/C34H42F2N8O/c1-21-38-32-26(35)16-23(17-29(32)44(21)25-6-4-5-7-25)31-27(36)18-37-33(41-31)40-30-9-8-22-19-43(15-12-28(22)39-30)24-10-13-42(14-11-24)20-34(2,3)45/h8-9,16-18,24-25,45H,4-7,10-15,19-20H2,1-3H3,(H,37,39,40,41). The predicted molar refractivity (Wildman–Crippen MR) is 170 cm³/mol. The SMILES string of the molecule is Cc1nc2c(F)cc(-c3nc(Nc4ccc5c(n4)CCN(C4CCN(CC(C)(C)O)CC4)C5)ncc3F)cc2n1C1CCCC1. The number of hydrogen-bond donors (Lipinski definition) is 2. The fourth-order valence-electron chi connectivity index (χ4n) is 7.58. The lowest BCUT2D eigenvalue weighted by molar-refractivity contribution is 0.0155. The molecular formula is C34H42F2N8O. The maximum atomic E-state index is 15.3. The van der Waals surface area contributed by atoms with Crippen LogP contribution >= 0.6 is 0 Å². The number of aliphatic hydroxyl groups is 1. The van der Waals surface area contributed by atoms with Gasteiger partial charge in [0.15, 0.2) is 11.6 Å². The number of hydrogen-bond acceptors (Lipinski definition) is 8. The molecule has 2 aliphatic heterocycles. The Balaban J connectivity index is 1.06. The van der Waals surface area contributed by atoms with Gasteiger partial charge in [-0.1, -0.05) is 18.9 Å². The summed E-state index contributed by atoms with van der Waals surface area (Å²) in [5, 5.41) is 13.3. The number of anilines is 2. The number of nitrogens with zero attached hydrogens (tertiary/aromatic N) is 7. The highest BCUT2D eigenvalue weighted by molar-refractivity contribution is 5.83. The van der Waals surface area contributed by atoms with Crippen LogP contribution in [-0.2, 0) is 13.0 Å². The highest BCUT2D eigenvalue weighted by Gasteiger charge is 2.30. The van der Waals surface area contributed by atoms with Gasteiger partial charge in [-0.3, -0.25) is 4.90 Å². The van der Waals surface area contributed by atoms with Crippen molar-refractivity contribution in [1.29, 1.82) is 0 Å². The summed E-state index contributed by atoms with van der Waals surface area (Å²) in [5.74, 6) is 0.464. The Hall–Kier alpha value is -3.54. The van der Waals surface area contributed by atoms with Crippen LogP contribution in [0.4, 0.5) is 20.5 Å². The van der Waals surface area contributed by atoms with E-state index >= 15 is 8.78 Å². The third-order valence-corrected chi connectivity index (χ3v) is 9.63. The second-order valence-corrected chi connectivity index (χ2v) is 13.7. The Labute approximate surface area is 262 Å². The molecule has 7 rings (SSSR count). The lowest BCUT2D eigenvalue weighted by Crippen LogP contribution is -2.49.